The summed E-state index contributed by atoms with van der Waals surface area (Å²) in [5, 5.41) is 0. The van der Waals surface area contributed by atoms with Gasteiger partial charge in [-0.05, 0) is 36.3 Å². The molecule has 2 rings (SSSR count). The van der Waals surface area contributed by atoms with Crippen LogP contribution < -0.4 is 4.74 Å². The highest BCUT2D eigenvalue weighted by molar-refractivity contribution is 5.33. The fourth-order valence-corrected chi connectivity index (χ4v) is 2.64. The third kappa shape index (κ3) is 3.46. The summed E-state index contributed by atoms with van der Waals surface area (Å²) in [5.74, 6) is -1.05. The third-order valence-electron chi connectivity index (χ3n) is 3.69. The minimum absolute atomic E-state index is 0.0331. The first kappa shape index (κ1) is 14.3. The molecule has 0 spiro atoms. The lowest BCUT2D eigenvalue weighted by Crippen LogP contribution is -2.10. The maximum absolute atomic E-state index is 14.1. The Labute approximate surface area is 114 Å². The van der Waals surface area contributed by atoms with E-state index in [4.69, 9.17) is 4.74 Å². The van der Waals surface area contributed by atoms with Crippen LogP contribution >= 0.6 is 0 Å². The van der Waals surface area contributed by atoms with E-state index in [1.807, 2.05) is 13.8 Å². The van der Waals surface area contributed by atoms with Crippen LogP contribution in [0.5, 0.6) is 5.75 Å². The van der Waals surface area contributed by atoms with Crippen LogP contribution in [0.2, 0.25) is 0 Å². The molecule has 1 aromatic carbocycles. The Hall–Kier alpha value is -1.12. The Morgan fingerprint density at radius 3 is 2.42 bits per heavy atom. The number of halogens is 2. The zero-order valence-electron chi connectivity index (χ0n) is 11.7. The van der Waals surface area contributed by atoms with Crippen molar-refractivity contribution in [1.29, 1.82) is 0 Å². The van der Waals surface area contributed by atoms with E-state index in [0.717, 1.165) is 25.7 Å². The highest BCUT2D eigenvalue weighted by atomic mass is 19.2. The van der Waals surface area contributed by atoms with Gasteiger partial charge in [0, 0.05) is 0 Å². The molecule has 1 saturated carbocycles. The van der Waals surface area contributed by atoms with E-state index in [9.17, 15) is 8.78 Å². The van der Waals surface area contributed by atoms with Gasteiger partial charge in [-0.1, -0.05) is 39.2 Å². The van der Waals surface area contributed by atoms with Gasteiger partial charge in [0.15, 0.2) is 11.6 Å². The van der Waals surface area contributed by atoms with E-state index in [2.05, 4.69) is 0 Å². The van der Waals surface area contributed by atoms with Gasteiger partial charge in [0.25, 0.3) is 0 Å². The first-order valence-electron chi connectivity index (χ1n) is 7.20. The molecular weight excluding hydrogens is 246 g/mol. The molecule has 0 aromatic heterocycles. The minimum atomic E-state index is -0.830. The molecule has 106 valence electrons. The largest absolute Gasteiger partial charge is 0.490 e. The summed E-state index contributed by atoms with van der Waals surface area (Å²) >= 11 is 0. The first-order chi connectivity index (χ1) is 9.09. The van der Waals surface area contributed by atoms with Crippen molar-refractivity contribution in [2.45, 2.75) is 51.9 Å². The van der Waals surface area contributed by atoms with E-state index in [-0.39, 0.29) is 11.7 Å². The van der Waals surface area contributed by atoms with Gasteiger partial charge < -0.3 is 4.74 Å². The second-order valence-electron chi connectivity index (χ2n) is 5.82. The monoisotopic (exact) mass is 268 g/mol. The SMILES string of the molecule is CC(C)COc1ccc(C2CCCCC2)c(F)c1F. The number of rotatable bonds is 4. The van der Waals surface area contributed by atoms with Crippen molar-refractivity contribution in [1.82, 2.24) is 0 Å². The quantitative estimate of drug-likeness (QED) is 0.742. The second kappa shape index (κ2) is 6.36. The summed E-state index contributed by atoms with van der Waals surface area (Å²) in [7, 11) is 0. The Kier molecular flexibility index (Phi) is 4.78. The van der Waals surface area contributed by atoms with E-state index < -0.39 is 11.6 Å². The van der Waals surface area contributed by atoms with Crippen molar-refractivity contribution in [3.8, 4) is 5.75 Å². The molecule has 0 unspecified atom stereocenters. The molecule has 0 amide bonds. The van der Waals surface area contributed by atoms with Gasteiger partial charge in [0.2, 0.25) is 5.82 Å². The third-order valence-corrected chi connectivity index (χ3v) is 3.69. The van der Waals surface area contributed by atoms with Crippen LogP contribution in [0.15, 0.2) is 12.1 Å². The highest BCUT2D eigenvalue weighted by Crippen LogP contribution is 2.36. The van der Waals surface area contributed by atoms with Gasteiger partial charge in [-0.3, -0.25) is 0 Å². The molecule has 0 bridgehead atoms. The van der Waals surface area contributed by atoms with E-state index in [0.29, 0.717) is 18.1 Å². The van der Waals surface area contributed by atoms with Crippen LogP contribution in [0, 0.1) is 17.6 Å². The Bertz CT molecular complexity index is 423. The van der Waals surface area contributed by atoms with Crippen molar-refractivity contribution < 1.29 is 13.5 Å². The molecule has 19 heavy (non-hydrogen) atoms. The lowest BCUT2D eigenvalue weighted by Gasteiger charge is -2.23. The molecule has 1 aliphatic carbocycles. The fourth-order valence-electron chi connectivity index (χ4n) is 2.64. The van der Waals surface area contributed by atoms with Crippen LogP contribution in [0.25, 0.3) is 0 Å². The van der Waals surface area contributed by atoms with Gasteiger partial charge >= 0.3 is 0 Å². The summed E-state index contributed by atoms with van der Waals surface area (Å²) in [6.07, 6.45) is 5.34. The molecule has 0 saturated heterocycles. The summed E-state index contributed by atoms with van der Waals surface area (Å²) in [4.78, 5) is 0. The summed E-state index contributed by atoms with van der Waals surface area (Å²) in [5.41, 5.74) is 0.522. The number of benzene rings is 1. The smallest absolute Gasteiger partial charge is 0.200 e. The molecule has 0 N–H and O–H groups in total. The van der Waals surface area contributed by atoms with Gasteiger partial charge in [0.1, 0.15) is 0 Å². The lowest BCUT2D eigenvalue weighted by molar-refractivity contribution is 0.254. The molecule has 0 atom stereocenters. The van der Waals surface area contributed by atoms with Crippen LogP contribution in [0.3, 0.4) is 0 Å². The van der Waals surface area contributed by atoms with Crippen molar-refractivity contribution in [3.63, 3.8) is 0 Å². The van der Waals surface area contributed by atoms with Gasteiger partial charge in [0.05, 0.1) is 6.61 Å². The predicted molar refractivity (Wildman–Crippen MR) is 72.5 cm³/mol. The molecule has 3 heteroatoms. The molecule has 0 aliphatic heterocycles. The van der Waals surface area contributed by atoms with Gasteiger partial charge in [-0.2, -0.15) is 4.39 Å². The van der Waals surface area contributed by atoms with Crippen LogP contribution in [0.1, 0.15) is 57.4 Å². The average Bonchev–Trinajstić information content (AvgIpc) is 2.41. The predicted octanol–water partition coefficient (Wildman–Crippen LogP) is 5.05. The normalized spacial score (nSPS) is 16.9. The average molecular weight is 268 g/mol. The van der Waals surface area contributed by atoms with Crippen LogP contribution in [-0.2, 0) is 0 Å². The second-order valence-corrected chi connectivity index (χ2v) is 5.82. The standard InChI is InChI=1S/C16H22F2O/c1-11(2)10-19-14-9-8-13(15(17)16(14)18)12-6-4-3-5-7-12/h8-9,11-12H,3-7,10H2,1-2H3. The van der Waals surface area contributed by atoms with Gasteiger partial charge in [-0.25, -0.2) is 4.39 Å². The number of ether oxygens (including phenoxy) is 1. The lowest BCUT2D eigenvalue weighted by atomic mass is 9.84. The molecule has 1 fully saturated rings. The molecule has 1 nitrogen and oxygen atoms in total. The highest BCUT2D eigenvalue weighted by Gasteiger charge is 2.22. The molecule has 1 aliphatic rings. The van der Waals surface area contributed by atoms with E-state index in [1.54, 1.807) is 12.1 Å². The Balaban J connectivity index is 2.16. The maximum atomic E-state index is 14.1. The van der Waals surface area contributed by atoms with Crippen molar-refractivity contribution in [2.24, 2.45) is 5.92 Å². The Morgan fingerprint density at radius 1 is 1.11 bits per heavy atom. The van der Waals surface area contributed by atoms with Gasteiger partial charge in [-0.15, -0.1) is 0 Å². The van der Waals surface area contributed by atoms with Crippen molar-refractivity contribution >= 4 is 0 Å². The van der Waals surface area contributed by atoms with Crippen LogP contribution in [-0.4, -0.2) is 6.61 Å². The summed E-state index contributed by atoms with van der Waals surface area (Å²) < 4.78 is 33.4. The molecular formula is C16H22F2O. The number of hydrogen-bond acceptors (Lipinski definition) is 1. The van der Waals surface area contributed by atoms with Crippen LogP contribution in [0.4, 0.5) is 8.78 Å². The minimum Gasteiger partial charge on any atom is -0.490 e. The summed E-state index contributed by atoms with van der Waals surface area (Å²) in [6, 6.07) is 3.27. The zero-order valence-corrected chi connectivity index (χ0v) is 11.7. The molecule has 0 heterocycles. The number of hydrogen-bond donors (Lipinski definition) is 0. The molecule has 1 aromatic rings. The summed E-state index contributed by atoms with van der Waals surface area (Å²) in [6.45, 7) is 4.36. The molecule has 0 radical (unpaired) electrons. The zero-order chi connectivity index (χ0) is 13.8. The first-order valence-corrected chi connectivity index (χ1v) is 7.20. The van der Waals surface area contributed by atoms with E-state index >= 15 is 0 Å². The Morgan fingerprint density at radius 2 is 1.79 bits per heavy atom. The topological polar surface area (TPSA) is 9.23 Å². The van der Waals surface area contributed by atoms with Crippen molar-refractivity contribution in [2.75, 3.05) is 6.61 Å². The van der Waals surface area contributed by atoms with Crippen molar-refractivity contribution in [3.05, 3.63) is 29.3 Å². The fraction of sp³-hybridized carbons (Fsp3) is 0.625. The maximum Gasteiger partial charge on any atom is 0.200 e. The van der Waals surface area contributed by atoms with E-state index in [1.165, 1.54) is 6.42 Å².